The molecule has 39 heavy (non-hydrogen) atoms. The Bertz CT molecular complexity index is 1130. The fourth-order valence-electron chi connectivity index (χ4n) is 8.20. The van der Waals surface area contributed by atoms with Crippen molar-refractivity contribution in [2.45, 2.75) is 115 Å². The second-order valence-electron chi connectivity index (χ2n) is 13.3. The van der Waals surface area contributed by atoms with Gasteiger partial charge in [0.1, 0.15) is 0 Å². The zero-order valence-corrected chi connectivity index (χ0v) is 24.3. The Morgan fingerprint density at radius 2 is 1.92 bits per heavy atom. The van der Waals surface area contributed by atoms with Crippen LogP contribution in [-0.4, -0.2) is 38.6 Å². The lowest BCUT2D eigenvalue weighted by molar-refractivity contribution is 0.0862. The van der Waals surface area contributed by atoms with E-state index >= 15 is 0 Å². The average molecular weight is 532 g/mol. The van der Waals surface area contributed by atoms with E-state index in [1.807, 2.05) is 6.20 Å². The molecule has 0 bridgehead atoms. The Kier molecular flexibility index (Phi) is 8.38. The molecule has 4 aliphatic rings. The van der Waals surface area contributed by atoms with Crippen LogP contribution in [0, 0.1) is 23.2 Å². The molecule has 4 heteroatoms. The molecular weight excluding hydrogens is 482 g/mol. The molecule has 0 unspecified atom stereocenters. The maximum atomic E-state index is 11.3. The Balaban J connectivity index is 1.27. The quantitative estimate of drug-likeness (QED) is 0.324. The number of allylic oxidation sites excluding steroid dienone is 4. The first-order valence-corrected chi connectivity index (χ1v) is 15.4. The smallest absolute Gasteiger partial charge is 0.0832 e. The van der Waals surface area contributed by atoms with E-state index in [1.165, 1.54) is 36.8 Å². The molecule has 1 aromatic heterocycles. The van der Waals surface area contributed by atoms with E-state index in [9.17, 15) is 15.3 Å². The summed E-state index contributed by atoms with van der Waals surface area (Å²) in [5, 5.41) is 31.6. The summed E-state index contributed by atoms with van der Waals surface area (Å²) in [5.41, 5.74) is 5.64. The molecule has 4 saturated carbocycles. The molecule has 4 fully saturated rings. The zero-order chi connectivity index (χ0) is 27.8. The minimum absolute atomic E-state index is 0.207. The minimum Gasteiger partial charge on any atom is -0.393 e. The van der Waals surface area contributed by atoms with Gasteiger partial charge in [-0.1, -0.05) is 69.7 Å². The summed E-state index contributed by atoms with van der Waals surface area (Å²) in [6.45, 7) is 11.1. The van der Waals surface area contributed by atoms with Crippen molar-refractivity contribution in [1.82, 2.24) is 4.98 Å². The number of aliphatic hydroxyl groups excluding tert-OH is 3. The van der Waals surface area contributed by atoms with Crippen LogP contribution in [0.5, 0.6) is 0 Å². The van der Waals surface area contributed by atoms with Crippen molar-refractivity contribution in [3.63, 3.8) is 0 Å². The molecule has 4 nitrogen and oxygen atoms in total. The second kappa shape index (κ2) is 11.5. The van der Waals surface area contributed by atoms with E-state index in [-0.39, 0.29) is 10.8 Å². The maximum Gasteiger partial charge on any atom is 0.0832 e. The number of pyridine rings is 1. The highest BCUT2D eigenvalue weighted by atomic mass is 16.3. The lowest BCUT2D eigenvalue weighted by Crippen LogP contribution is -2.35. The first-order chi connectivity index (χ1) is 18.7. The fraction of sp³-hybridized carbons (Fsp3) is 0.629. The van der Waals surface area contributed by atoms with Gasteiger partial charge in [-0.25, -0.2) is 0 Å². The normalized spacial score (nSPS) is 35.9. The van der Waals surface area contributed by atoms with Gasteiger partial charge in [0.2, 0.25) is 0 Å². The van der Waals surface area contributed by atoms with Crippen LogP contribution in [0.4, 0.5) is 0 Å². The van der Waals surface area contributed by atoms with E-state index in [0.29, 0.717) is 30.6 Å². The molecule has 4 aliphatic carbocycles. The van der Waals surface area contributed by atoms with Gasteiger partial charge >= 0.3 is 0 Å². The van der Waals surface area contributed by atoms with Gasteiger partial charge in [-0.2, -0.15) is 0 Å². The van der Waals surface area contributed by atoms with E-state index < -0.39 is 18.3 Å². The lowest BCUT2D eigenvalue weighted by Gasteiger charge is -2.44. The van der Waals surface area contributed by atoms with Gasteiger partial charge in [-0.15, -0.1) is 0 Å². The highest BCUT2D eigenvalue weighted by Crippen LogP contribution is 2.59. The van der Waals surface area contributed by atoms with E-state index in [4.69, 9.17) is 4.98 Å². The number of hydrogen-bond donors (Lipinski definition) is 3. The van der Waals surface area contributed by atoms with Gasteiger partial charge < -0.3 is 15.3 Å². The maximum absolute atomic E-state index is 11.3. The van der Waals surface area contributed by atoms with Crippen molar-refractivity contribution in [3.05, 3.63) is 77.2 Å². The molecule has 0 aliphatic heterocycles. The summed E-state index contributed by atoms with van der Waals surface area (Å²) in [6.07, 6.45) is 20.3. The summed E-state index contributed by atoms with van der Waals surface area (Å²) in [5.74, 6) is 1.57. The minimum atomic E-state index is -0.639. The topological polar surface area (TPSA) is 73.6 Å². The summed E-state index contributed by atoms with van der Waals surface area (Å²) in [6, 6.07) is 4.32. The third kappa shape index (κ3) is 5.62. The van der Waals surface area contributed by atoms with Gasteiger partial charge in [0, 0.05) is 23.7 Å². The number of hydrogen-bond acceptors (Lipinski definition) is 4. The fourth-order valence-corrected chi connectivity index (χ4v) is 8.20. The number of aromatic nitrogens is 1. The third-order valence-electron chi connectivity index (χ3n) is 10.8. The van der Waals surface area contributed by atoms with Crippen LogP contribution in [0.25, 0.3) is 0 Å². The SMILES string of the molecule is C=C1/C(=C\C=C2/CCC[C@]3(C)[C@@H]([C@H](C)/C=C/[C@@H](O)C4(c5ccc(CCC)cn5)CC4)CC[C@@H]23)C[C@@H](O)C[C@@H]1O. The van der Waals surface area contributed by atoms with Crippen molar-refractivity contribution in [2.24, 2.45) is 23.2 Å². The van der Waals surface area contributed by atoms with E-state index in [0.717, 1.165) is 48.9 Å². The Labute approximate surface area is 235 Å². The Hall–Kier alpha value is -2.01. The second-order valence-corrected chi connectivity index (χ2v) is 13.3. The van der Waals surface area contributed by atoms with Crippen LogP contribution >= 0.6 is 0 Å². The molecule has 1 aromatic rings. The van der Waals surface area contributed by atoms with Crippen LogP contribution in [0.1, 0.15) is 96.2 Å². The van der Waals surface area contributed by atoms with Gasteiger partial charge in [-0.3, -0.25) is 4.98 Å². The van der Waals surface area contributed by atoms with Crippen LogP contribution in [0.15, 0.2) is 65.9 Å². The summed E-state index contributed by atoms with van der Waals surface area (Å²) in [4.78, 5) is 4.76. The van der Waals surface area contributed by atoms with Gasteiger partial charge in [-0.05, 0) is 104 Å². The number of rotatable bonds is 8. The summed E-state index contributed by atoms with van der Waals surface area (Å²) < 4.78 is 0. The van der Waals surface area contributed by atoms with Crippen LogP contribution in [-0.2, 0) is 11.8 Å². The highest BCUT2D eigenvalue weighted by Gasteiger charge is 2.52. The largest absolute Gasteiger partial charge is 0.393 e. The van der Waals surface area contributed by atoms with Crippen molar-refractivity contribution in [2.75, 3.05) is 0 Å². The number of aryl methyl sites for hydroxylation is 1. The predicted octanol–water partition coefficient (Wildman–Crippen LogP) is 6.76. The number of fused-ring (bicyclic) bond motifs is 1. The molecule has 5 rings (SSSR count). The van der Waals surface area contributed by atoms with E-state index in [1.54, 1.807) is 0 Å². The molecule has 7 atom stereocenters. The van der Waals surface area contributed by atoms with Crippen molar-refractivity contribution < 1.29 is 15.3 Å². The molecule has 0 radical (unpaired) electrons. The van der Waals surface area contributed by atoms with Crippen molar-refractivity contribution in [3.8, 4) is 0 Å². The summed E-state index contributed by atoms with van der Waals surface area (Å²) in [7, 11) is 0. The first-order valence-electron chi connectivity index (χ1n) is 15.4. The molecule has 0 spiro atoms. The van der Waals surface area contributed by atoms with Gasteiger partial charge in [0.25, 0.3) is 0 Å². The highest BCUT2D eigenvalue weighted by molar-refractivity contribution is 5.39. The lowest BCUT2D eigenvalue weighted by atomic mass is 9.61. The molecule has 1 heterocycles. The standard InChI is InChI=1S/C35H49NO3/c1-5-7-25-10-15-32(36-22-25)35(18-19-35)33(39)16-9-23(2)29-13-14-30-26(8-6-17-34(29,30)4)11-12-27-20-28(37)21-31(38)24(27)3/h9-12,15-16,22-23,28-31,33,37-39H,3,5-8,13-14,17-21H2,1-2,4H3/b16-9+,26-11+,27-12-/t23-,28-,29-,30+,31+,33-,34-/m1/s1. The Morgan fingerprint density at radius 3 is 2.62 bits per heavy atom. The van der Waals surface area contributed by atoms with Crippen LogP contribution in [0.2, 0.25) is 0 Å². The third-order valence-corrected chi connectivity index (χ3v) is 10.8. The first kappa shape index (κ1) is 28.5. The number of nitrogens with zero attached hydrogens (tertiary/aromatic N) is 1. The molecule has 0 aromatic carbocycles. The Morgan fingerprint density at radius 1 is 1.13 bits per heavy atom. The van der Waals surface area contributed by atoms with Crippen molar-refractivity contribution in [1.29, 1.82) is 0 Å². The predicted molar refractivity (Wildman–Crippen MR) is 158 cm³/mol. The van der Waals surface area contributed by atoms with Crippen molar-refractivity contribution >= 4 is 0 Å². The number of aliphatic hydroxyl groups is 3. The molecule has 0 amide bonds. The summed E-state index contributed by atoms with van der Waals surface area (Å²) >= 11 is 0. The molecular formula is C35H49NO3. The monoisotopic (exact) mass is 531 g/mol. The van der Waals surface area contributed by atoms with Gasteiger partial charge in [0.05, 0.1) is 18.3 Å². The molecule has 3 N–H and O–H groups in total. The zero-order valence-electron chi connectivity index (χ0n) is 24.3. The molecule has 0 saturated heterocycles. The van der Waals surface area contributed by atoms with Crippen LogP contribution < -0.4 is 0 Å². The van der Waals surface area contributed by atoms with E-state index in [2.05, 4.69) is 63.8 Å². The average Bonchev–Trinajstić information content (AvgIpc) is 3.65. The van der Waals surface area contributed by atoms with Gasteiger partial charge in [0.15, 0.2) is 0 Å². The van der Waals surface area contributed by atoms with Crippen LogP contribution in [0.3, 0.4) is 0 Å². The molecule has 212 valence electrons.